The third kappa shape index (κ3) is 4.22. The predicted octanol–water partition coefficient (Wildman–Crippen LogP) is 1.04. The van der Waals surface area contributed by atoms with Crippen LogP contribution in [-0.4, -0.2) is 22.3 Å². The number of carboxylic acids is 1. The summed E-state index contributed by atoms with van der Waals surface area (Å²) in [6.07, 6.45) is 2.58. The van der Waals surface area contributed by atoms with E-state index in [4.69, 9.17) is 10.2 Å². The zero-order chi connectivity index (χ0) is 7.56. The SMILES string of the molecule is Cl.O=C(O)C(O)CCC1CC1. The fourth-order valence-electron chi connectivity index (χ4n) is 0.924. The van der Waals surface area contributed by atoms with Crippen molar-refractivity contribution in [2.24, 2.45) is 5.92 Å². The molecule has 0 radical (unpaired) electrons. The molecule has 0 amide bonds. The van der Waals surface area contributed by atoms with Gasteiger partial charge in [0.15, 0.2) is 6.10 Å². The molecule has 1 fully saturated rings. The van der Waals surface area contributed by atoms with Gasteiger partial charge in [-0.15, -0.1) is 12.4 Å². The normalized spacial score (nSPS) is 18.6. The van der Waals surface area contributed by atoms with Crippen LogP contribution in [0.25, 0.3) is 0 Å². The van der Waals surface area contributed by atoms with Crippen molar-refractivity contribution < 1.29 is 15.0 Å². The molecule has 1 atom stereocenters. The lowest BCUT2D eigenvalue weighted by Gasteiger charge is -2.02. The van der Waals surface area contributed by atoms with E-state index in [0.717, 1.165) is 6.42 Å². The molecule has 66 valence electrons. The first kappa shape index (κ1) is 10.7. The average Bonchev–Trinajstić information content (AvgIpc) is 2.64. The van der Waals surface area contributed by atoms with Gasteiger partial charge in [0.05, 0.1) is 0 Å². The molecule has 0 aromatic rings. The quantitative estimate of drug-likeness (QED) is 0.680. The van der Waals surface area contributed by atoms with Crippen LogP contribution < -0.4 is 0 Å². The lowest BCUT2D eigenvalue weighted by molar-refractivity contribution is -0.147. The van der Waals surface area contributed by atoms with Gasteiger partial charge >= 0.3 is 5.97 Å². The van der Waals surface area contributed by atoms with Crippen molar-refractivity contribution in [2.45, 2.75) is 31.8 Å². The van der Waals surface area contributed by atoms with Crippen molar-refractivity contribution in [3.63, 3.8) is 0 Å². The molecule has 0 aliphatic heterocycles. The van der Waals surface area contributed by atoms with Crippen LogP contribution >= 0.6 is 12.4 Å². The Kier molecular flexibility index (Phi) is 4.45. The molecule has 1 aliphatic rings. The van der Waals surface area contributed by atoms with Gasteiger partial charge in [-0.2, -0.15) is 0 Å². The summed E-state index contributed by atoms with van der Waals surface area (Å²) in [5.74, 6) is -0.394. The highest BCUT2D eigenvalue weighted by Crippen LogP contribution is 2.33. The Labute approximate surface area is 71.8 Å². The van der Waals surface area contributed by atoms with Crippen molar-refractivity contribution in [1.82, 2.24) is 0 Å². The number of hydrogen-bond donors (Lipinski definition) is 2. The standard InChI is InChI=1S/C7H12O3.ClH/c8-6(7(9)10)4-3-5-1-2-5;/h5-6,8H,1-4H2,(H,9,10);1H. The monoisotopic (exact) mass is 180 g/mol. The predicted molar refractivity (Wildman–Crippen MR) is 42.8 cm³/mol. The summed E-state index contributed by atoms with van der Waals surface area (Å²) < 4.78 is 0. The lowest BCUT2D eigenvalue weighted by atomic mass is 10.1. The smallest absolute Gasteiger partial charge is 0.332 e. The number of rotatable bonds is 4. The summed E-state index contributed by atoms with van der Waals surface area (Å²) in [6.45, 7) is 0. The number of aliphatic hydroxyl groups is 1. The first-order chi connectivity index (χ1) is 4.70. The van der Waals surface area contributed by atoms with Crippen molar-refractivity contribution in [1.29, 1.82) is 0 Å². The van der Waals surface area contributed by atoms with Gasteiger partial charge in [-0.25, -0.2) is 4.79 Å². The topological polar surface area (TPSA) is 57.5 Å². The number of hydrogen-bond acceptors (Lipinski definition) is 2. The first-order valence-electron chi connectivity index (χ1n) is 3.61. The molecule has 1 aliphatic carbocycles. The summed E-state index contributed by atoms with van der Waals surface area (Å²) in [4.78, 5) is 10.1. The Bertz CT molecular complexity index is 134. The first-order valence-corrected chi connectivity index (χ1v) is 3.61. The van der Waals surface area contributed by atoms with Gasteiger partial charge in [0.25, 0.3) is 0 Å². The highest BCUT2D eigenvalue weighted by molar-refractivity contribution is 5.85. The van der Waals surface area contributed by atoms with Gasteiger partial charge in [-0.1, -0.05) is 12.8 Å². The Morgan fingerprint density at radius 2 is 2.09 bits per heavy atom. The molecule has 11 heavy (non-hydrogen) atoms. The molecule has 1 saturated carbocycles. The van der Waals surface area contributed by atoms with Gasteiger partial charge in [-0.05, 0) is 18.8 Å². The van der Waals surface area contributed by atoms with Crippen molar-refractivity contribution in [3.8, 4) is 0 Å². The van der Waals surface area contributed by atoms with E-state index in [1.165, 1.54) is 12.8 Å². The van der Waals surface area contributed by atoms with Crippen LogP contribution in [0.2, 0.25) is 0 Å². The fraction of sp³-hybridized carbons (Fsp3) is 0.857. The molecule has 0 heterocycles. The minimum Gasteiger partial charge on any atom is -0.479 e. The molecule has 0 bridgehead atoms. The summed E-state index contributed by atoms with van der Waals surface area (Å²) in [6, 6.07) is 0. The van der Waals surface area contributed by atoms with Gasteiger partial charge in [0.2, 0.25) is 0 Å². The van der Waals surface area contributed by atoms with E-state index >= 15 is 0 Å². The molecule has 0 spiro atoms. The van der Waals surface area contributed by atoms with Crippen molar-refractivity contribution in [3.05, 3.63) is 0 Å². The second-order valence-corrected chi connectivity index (χ2v) is 2.87. The van der Waals surface area contributed by atoms with Crippen LogP contribution in [0, 0.1) is 5.92 Å². The van der Waals surface area contributed by atoms with Crippen molar-refractivity contribution in [2.75, 3.05) is 0 Å². The molecule has 4 heteroatoms. The number of aliphatic hydroxyl groups excluding tert-OH is 1. The molecule has 2 N–H and O–H groups in total. The maximum atomic E-state index is 10.1. The third-order valence-corrected chi connectivity index (χ3v) is 1.83. The second-order valence-electron chi connectivity index (χ2n) is 2.87. The van der Waals surface area contributed by atoms with E-state index in [2.05, 4.69) is 0 Å². The van der Waals surface area contributed by atoms with Crippen molar-refractivity contribution >= 4 is 18.4 Å². The Morgan fingerprint density at radius 3 is 2.45 bits per heavy atom. The summed E-state index contributed by atoms with van der Waals surface area (Å²) in [5, 5.41) is 17.1. The molecule has 0 aromatic carbocycles. The van der Waals surface area contributed by atoms with E-state index in [0.29, 0.717) is 12.3 Å². The number of aliphatic carboxylic acids is 1. The second kappa shape index (κ2) is 4.57. The lowest BCUT2D eigenvalue weighted by Crippen LogP contribution is -2.19. The molecule has 1 unspecified atom stereocenters. The molecule has 3 nitrogen and oxygen atoms in total. The molecular weight excluding hydrogens is 168 g/mol. The number of carbonyl (C=O) groups is 1. The largest absolute Gasteiger partial charge is 0.479 e. The molecule has 0 aromatic heterocycles. The van der Waals surface area contributed by atoms with Crippen LogP contribution in [-0.2, 0) is 4.79 Å². The summed E-state index contributed by atoms with van der Waals surface area (Å²) in [5.41, 5.74) is 0. The van der Waals surface area contributed by atoms with Crippen LogP contribution in [0.4, 0.5) is 0 Å². The van der Waals surface area contributed by atoms with E-state index < -0.39 is 12.1 Å². The fourth-order valence-corrected chi connectivity index (χ4v) is 0.924. The molecule has 1 rings (SSSR count). The van der Waals surface area contributed by atoms with Gasteiger partial charge in [-0.3, -0.25) is 0 Å². The summed E-state index contributed by atoms with van der Waals surface area (Å²) >= 11 is 0. The van der Waals surface area contributed by atoms with Gasteiger partial charge in [0, 0.05) is 0 Å². The van der Waals surface area contributed by atoms with Crippen LogP contribution in [0.1, 0.15) is 25.7 Å². The van der Waals surface area contributed by atoms with Crippen LogP contribution in [0.3, 0.4) is 0 Å². The highest BCUT2D eigenvalue weighted by atomic mass is 35.5. The average molecular weight is 181 g/mol. The highest BCUT2D eigenvalue weighted by Gasteiger charge is 2.23. The van der Waals surface area contributed by atoms with Crippen LogP contribution in [0.15, 0.2) is 0 Å². The zero-order valence-electron chi connectivity index (χ0n) is 6.19. The minimum absolute atomic E-state index is 0. The van der Waals surface area contributed by atoms with E-state index in [1.54, 1.807) is 0 Å². The number of halogens is 1. The zero-order valence-corrected chi connectivity index (χ0v) is 7.01. The molecular formula is C7H13ClO3. The number of carboxylic acid groups (broad SMARTS) is 1. The van der Waals surface area contributed by atoms with E-state index in [1.807, 2.05) is 0 Å². The van der Waals surface area contributed by atoms with E-state index in [9.17, 15) is 4.79 Å². The Balaban J connectivity index is 0.000001000. The Morgan fingerprint density at radius 1 is 1.55 bits per heavy atom. The third-order valence-electron chi connectivity index (χ3n) is 1.83. The maximum absolute atomic E-state index is 10.1. The maximum Gasteiger partial charge on any atom is 0.332 e. The summed E-state index contributed by atoms with van der Waals surface area (Å²) in [7, 11) is 0. The van der Waals surface area contributed by atoms with E-state index in [-0.39, 0.29) is 12.4 Å². The Hall–Kier alpha value is -0.280. The van der Waals surface area contributed by atoms with Gasteiger partial charge in [0.1, 0.15) is 0 Å². The molecule has 0 saturated heterocycles. The van der Waals surface area contributed by atoms with Crippen LogP contribution in [0.5, 0.6) is 0 Å². The minimum atomic E-state index is -1.14. The van der Waals surface area contributed by atoms with Gasteiger partial charge < -0.3 is 10.2 Å².